The molecule has 1 rings (SSSR count). The van der Waals surface area contributed by atoms with Gasteiger partial charge in [0.2, 0.25) is 0 Å². The minimum atomic E-state index is -0.156. The van der Waals surface area contributed by atoms with Crippen molar-refractivity contribution in [3.8, 4) is 0 Å². The maximum absolute atomic E-state index is 10.6. The molecule has 0 fully saturated rings. The molecule has 54 valence electrons. The van der Waals surface area contributed by atoms with Crippen molar-refractivity contribution in [2.45, 2.75) is 13.8 Å². The van der Waals surface area contributed by atoms with E-state index in [0.29, 0.717) is 0 Å². The summed E-state index contributed by atoms with van der Waals surface area (Å²) < 4.78 is 0. The van der Waals surface area contributed by atoms with Crippen molar-refractivity contribution >= 4 is 5.57 Å². The molecule has 0 amide bonds. The smallest absolute Gasteiger partial charge is 0.312 e. The van der Waals surface area contributed by atoms with Crippen LogP contribution in [0.4, 0.5) is 0 Å². The summed E-state index contributed by atoms with van der Waals surface area (Å²) in [6.45, 7) is 3.87. The SMILES string of the molecule is C/C=C(\C)c1c[nH]c(=O)[nH]1. The zero-order valence-corrected chi connectivity index (χ0v) is 6.06. The number of aromatic amines is 2. The molecule has 3 nitrogen and oxygen atoms in total. The molecular formula is C7H10N2O. The summed E-state index contributed by atoms with van der Waals surface area (Å²) in [5.41, 5.74) is 1.77. The average molecular weight is 138 g/mol. The topological polar surface area (TPSA) is 48.6 Å². The minimum Gasteiger partial charge on any atom is -0.312 e. The van der Waals surface area contributed by atoms with Crippen LogP contribution in [-0.4, -0.2) is 9.97 Å². The van der Waals surface area contributed by atoms with Crippen molar-refractivity contribution in [1.29, 1.82) is 0 Å². The van der Waals surface area contributed by atoms with Gasteiger partial charge in [-0.05, 0) is 19.4 Å². The second-order valence-corrected chi connectivity index (χ2v) is 2.13. The molecule has 0 atom stereocenters. The Bertz CT molecular complexity index is 293. The fraction of sp³-hybridized carbons (Fsp3) is 0.286. The maximum Gasteiger partial charge on any atom is 0.323 e. The van der Waals surface area contributed by atoms with E-state index >= 15 is 0 Å². The quantitative estimate of drug-likeness (QED) is 0.600. The normalized spacial score (nSPS) is 12.0. The van der Waals surface area contributed by atoms with Crippen LogP contribution in [0.25, 0.3) is 5.57 Å². The van der Waals surface area contributed by atoms with Gasteiger partial charge in [-0.2, -0.15) is 0 Å². The van der Waals surface area contributed by atoms with E-state index in [9.17, 15) is 4.79 Å². The molecule has 0 spiro atoms. The Labute approximate surface area is 58.8 Å². The van der Waals surface area contributed by atoms with Crippen LogP contribution in [0, 0.1) is 0 Å². The van der Waals surface area contributed by atoms with E-state index in [4.69, 9.17) is 0 Å². The van der Waals surface area contributed by atoms with Gasteiger partial charge in [0.25, 0.3) is 0 Å². The molecule has 0 radical (unpaired) electrons. The van der Waals surface area contributed by atoms with Gasteiger partial charge in [-0.15, -0.1) is 0 Å². The summed E-state index contributed by atoms with van der Waals surface area (Å²) in [5.74, 6) is 0. The van der Waals surface area contributed by atoms with Crippen LogP contribution in [-0.2, 0) is 0 Å². The van der Waals surface area contributed by atoms with Gasteiger partial charge >= 0.3 is 5.69 Å². The molecule has 1 aromatic heterocycles. The fourth-order valence-corrected chi connectivity index (χ4v) is 0.700. The van der Waals surface area contributed by atoms with Crippen molar-refractivity contribution in [2.24, 2.45) is 0 Å². The monoisotopic (exact) mass is 138 g/mol. The lowest BCUT2D eigenvalue weighted by Gasteiger charge is -1.90. The summed E-state index contributed by atoms with van der Waals surface area (Å²) in [6.07, 6.45) is 3.61. The molecule has 3 heteroatoms. The number of allylic oxidation sites excluding steroid dienone is 2. The van der Waals surface area contributed by atoms with Gasteiger partial charge in [-0.3, -0.25) is 0 Å². The van der Waals surface area contributed by atoms with Crippen LogP contribution in [0.5, 0.6) is 0 Å². The molecule has 0 aliphatic heterocycles. The van der Waals surface area contributed by atoms with E-state index in [0.717, 1.165) is 11.3 Å². The minimum absolute atomic E-state index is 0.156. The molecule has 0 unspecified atom stereocenters. The first-order chi connectivity index (χ1) is 4.74. The van der Waals surface area contributed by atoms with Crippen molar-refractivity contribution in [3.05, 3.63) is 28.5 Å². The van der Waals surface area contributed by atoms with Gasteiger partial charge in [-0.25, -0.2) is 4.79 Å². The third-order valence-electron chi connectivity index (χ3n) is 1.45. The number of hydrogen-bond acceptors (Lipinski definition) is 1. The summed E-state index contributed by atoms with van der Waals surface area (Å²) >= 11 is 0. The summed E-state index contributed by atoms with van der Waals surface area (Å²) in [4.78, 5) is 15.8. The Hall–Kier alpha value is -1.25. The van der Waals surface area contributed by atoms with Gasteiger partial charge in [0.1, 0.15) is 0 Å². The molecule has 1 aromatic rings. The molecule has 2 N–H and O–H groups in total. The van der Waals surface area contributed by atoms with E-state index in [1.807, 2.05) is 19.9 Å². The van der Waals surface area contributed by atoms with E-state index in [1.54, 1.807) is 6.20 Å². The molecule has 0 aliphatic carbocycles. The lowest BCUT2D eigenvalue weighted by atomic mass is 10.2. The fourth-order valence-electron chi connectivity index (χ4n) is 0.700. The first-order valence-corrected chi connectivity index (χ1v) is 3.15. The van der Waals surface area contributed by atoms with Crippen LogP contribution in [0.1, 0.15) is 19.5 Å². The van der Waals surface area contributed by atoms with Gasteiger partial charge in [0.05, 0.1) is 5.69 Å². The zero-order valence-electron chi connectivity index (χ0n) is 6.06. The van der Waals surface area contributed by atoms with E-state index in [-0.39, 0.29) is 5.69 Å². The number of nitrogens with one attached hydrogen (secondary N) is 2. The van der Waals surface area contributed by atoms with Crippen LogP contribution < -0.4 is 5.69 Å². The molecule has 10 heavy (non-hydrogen) atoms. The molecule has 0 bridgehead atoms. The summed E-state index contributed by atoms with van der Waals surface area (Å²) in [7, 11) is 0. The predicted octanol–water partition coefficient (Wildman–Crippen LogP) is 1.13. The van der Waals surface area contributed by atoms with Crippen LogP contribution in [0.15, 0.2) is 17.1 Å². The van der Waals surface area contributed by atoms with Crippen LogP contribution >= 0.6 is 0 Å². The standard InChI is InChI=1S/C7H10N2O/c1-3-5(2)6-4-8-7(10)9-6/h3-4H,1-2H3,(H2,8,9,10)/b5-3+. The first-order valence-electron chi connectivity index (χ1n) is 3.15. The summed E-state index contributed by atoms with van der Waals surface area (Å²) in [6, 6.07) is 0. The van der Waals surface area contributed by atoms with E-state index in [1.165, 1.54) is 0 Å². The van der Waals surface area contributed by atoms with Crippen molar-refractivity contribution in [2.75, 3.05) is 0 Å². The average Bonchev–Trinajstić information content (AvgIpc) is 2.34. The van der Waals surface area contributed by atoms with Crippen molar-refractivity contribution in [1.82, 2.24) is 9.97 Å². The second-order valence-electron chi connectivity index (χ2n) is 2.13. The van der Waals surface area contributed by atoms with E-state index < -0.39 is 0 Å². The third kappa shape index (κ3) is 1.18. The second kappa shape index (κ2) is 2.56. The highest BCUT2D eigenvalue weighted by Gasteiger charge is 1.94. The summed E-state index contributed by atoms with van der Waals surface area (Å²) in [5, 5.41) is 0. The Morgan fingerprint density at radius 3 is 2.80 bits per heavy atom. The van der Waals surface area contributed by atoms with Gasteiger partial charge < -0.3 is 9.97 Å². The van der Waals surface area contributed by atoms with Gasteiger partial charge in [-0.1, -0.05) is 6.08 Å². The third-order valence-corrected chi connectivity index (χ3v) is 1.45. The first kappa shape index (κ1) is 6.86. The highest BCUT2D eigenvalue weighted by Crippen LogP contribution is 2.05. The lowest BCUT2D eigenvalue weighted by Crippen LogP contribution is -2.00. The highest BCUT2D eigenvalue weighted by atomic mass is 16.1. The molecule has 0 saturated carbocycles. The Morgan fingerprint density at radius 1 is 1.70 bits per heavy atom. The largest absolute Gasteiger partial charge is 0.323 e. The highest BCUT2D eigenvalue weighted by molar-refractivity contribution is 5.58. The number of rotatable bonds is 1. The Kier molecular flexibility index (Phi) is 1.76. The van der Waals surface area contributed by atoms with Crippen molar-refractivity contribution < 1.29 is 0 Å². The lowest BCUT2D eigenvalue weighted by molar-refractivity contribution is 1.18. The Balaban J connectivity index is 3.07. The van der Waals surface area contributed by atoms with Crippen LogP contribution in [0.2, 0.25) is 0 Å². The maximum atomic E-state index is 10.6. The molecule has 0 aromatic carbocycles. The van der Waals surface area contributed by atoms with Crippen LogP contribution in [0.3, 0.4) is 0 Å². The van der Waals surface area contributed by atoms with E-state index in [2.05, 4.69) is 9.97 Å². The molecule has 0 aliphatic rings. The Morgan fingerprint density at radius 2 is 2.40 bits per heavy atom. The molecule has 1 heterocycles. The number of imidazole rings is 1. The zero-order chi connectivity index (χ0) is 7.56. The van der Waals surface area contributed by atoms with Gasteiger partial charge in [0.15, 0.2) is 0 Å². The molecule has 0 saturated heterocycles. The van der Waals surface area contributed by atoms with Gasteiger partial charge in [0, 0.05) is 6.20 Å². The van der Waals surface area contributed by atoms with Crippen molar-refractivity contribution in [3.63, 3.8) is 0 Å². The molecular weight excluding hydrogens is 128 g/mol. The predicted molar refractivity (Wildman–Crippen MR) is 40.7 cm³/mol. The number of hydrogen-bond donors (Lipinski definition) is 2. The number of H-pyrrole nitrogens is 2. The number of aromatic nitrogens is 2.